The number of para-hydroxylation sites is 1. The number of carbonyl (C=O) groups excluding carboxylic acids is 1. The van der Waals surface area contributed by atoms with Gasteiger partial charge in [-0.25, -0.2) is 4.79 Å². The lowest BCUT2D eigenvalue weighted by Gasteiger charge is -2.33. The van der Waals surface area contributed by atoms with Gasteiger partial charge in [-0.1, -0.05) is 18.2 Å². The molecule has 8 heteroatoms. The Bertz CT molecular complexity index is 759. The number of nitro groups is 1. The summed E-state index contributed by atoms with van der Waals surface area (Å²) in [6, 6.07) is 15.9. The minimum absolute atomic E-state index is 0.105. The zero-order valence-corrected chi connectivity index (χ0v) is 15.0. The molecule has 1 fully saturated rings. The molecule has 1 heterocycles. The molecule has 0 radical (unpaired) electrons. The van der Waals surface area contributed by atoms with Crippen LogP contribution in [0, 0.1) is 10.1 Å². The molecule has 27 heavy (non-hydrogen) atoms. The van der Waals surface area contributed by atoms with Crippen LogP contribution in [0.1, 0.15) is 0 Å². The second kappa shape index (κ2) is 9.00. The van der Waals surface area contributed by atoms with Crippen molar-refractivity contribution in [1.82, 2.24) is 0 Å². The van der Waals surface area contributed by atoms with E-state index in [-0.39, 0.29) is 10.6 Å². The molecule has 1 aliphatic rings. The molecular weight excluding hydrogens is 348 g/mol. The van der Waals surface area contributed by atoms with Crippen LogP contribution in [-0.2, 0) is 4.74 Å². The normalized spacial score (nSPS) is 14.6. The summed E-state index contributed by atoms with van der Waals surface area (Å²) >= 11 is 0. The van der Waals surface area contributed by atoms with Gasteiger partial charge in [0.05, 0.1) is 31.1 Å². The maximum atomic E-state index is 11.8. The summed E-state index contributed by atoms with van der Waals surface area (Å²) in [5.41, 5.74) is 1.82. The Morgan fingerprint density at radius 1 is 1.11 bits per heavy atom. The van der Waals surface area contributed by atoms with Crippen LogP contribution < -0.4 is 15.1 Å². The van der Waals surface area contributed by atoms with Crippen molar-refractivity contribution in [3.8, 4) is 0 Å². The monoisotopic (exact) mass is 371 g/mol. The second-order valence-corrected chi connectivity index (χ2v) is 6.39. The van der Waals surface area contributed by atoms with Gasteiger partial charge >= 0.3 is 6.09 Å². The molecule has 0 saturated carbocycles. The molecule has 1 saturated heterocycles. The van der Waals surface area contributed by atoms with Gasteiger partial charge in [-0.05, 0) is 24.3 Å². The highest BCUT2D eigenvalue weighted by molar-refractivity contribution is 5.84. The fraction of sp³-hybridized carbons (Fsp3) is 0.316. The summed E-state index contributed by atoms with van der Waals surface area (Å²) in [6.45, 7) is 4.72. The van der Waals surface area contributed by atoms with E-state index in [1.54, 1.807) is 12.1 Å². The summed E-state index contributed by atoms with van der Waals surface area (Å²) in [5, 5.41) is 13.4. The van der Waals surface area contributed by atoms with Gasteiger partial charge in [-0.15, -0.1) is 0 Å². The predicted octanol–water partition coefficient (Wildman–Crippen LogP) is 1.55. The summed E-state index contributed by atoms with van der Waals surface area (Å²) in [4.78, 5) is 25.7. The van der Waals surface area contributed by atoms with Crippen LogP contribution in [0.2, 0.25) is 0 Å². The van der Waals surface area contributed by atoms with E-state index in [2.05, 4.69) is 10.2 Å². The third-order valence-electron chi connectivity index (χ3n) is 4.61. The molecule has 1 aliphatic heterocycles. The van der Waals surface area contributed by atoms with Crippen LogP contribution in [0.3, 0.4) is 0 Å². The van der Waals surface area contributed by atoms with Crippen molar-refractivity contribution in [3.63, 3.8) is 0 Å². The van der Waals surface area contributed by atoms with E-state index >= 15 is 0 Å². The number of benzene rings is 2. The van der Waals surface area contributed by atoms with E-state index in [9.17, 15) is 14.9 Å². The average molecular weight is 371 g/mol. The quantitative estimate of drug-likeness (QED) is 0.594. The number of anilines is 2. The fourth-order valence-corrected chi connectivity index (χ4v) is 3.08. The van der Waals surface area contributed by atoms with Gasteiger partial charge in [-0.2, -0.15) is 0 Å². The van der Waals surface area contributed by atoms with Gasteiger partial charge in [0.2, 0.25) is 0 Å². The minimum Gasteiger partial charge on any atom is -0.443 e. The number of hydrogen-bond acceptors (Lipinski definition) is 5. The van der Waals surface area contributed by atoms with Crippen molar-refractivity contribution in [2.45, 2.75) is 0 Å². The topological polar surface area (TPSA) is 89.2 Å². The fourth-order valence-electron chi connectivity index (χ4n) is 3.08. The van der Waals surface area contributed by atoms with Crippen LogP contribution in [0.25, 0.3) is 0 Å². The third-order valence-corrected chi connectivity index (χ3v) is 4.61. The Kier molecular flexibility index (Phi) is 6.22. The van der Waals surface area contributed by atoms with Crippen LogP contribution in [0.15, 0.2) is 54.6 Å². The first kappa shape index (κ1) is 18.7. The Hall–Kier alpha value is -3.13. The van der Waals surface area contributed by atoms with Crippen LogP contribution in [0.5, 0.6) is 0 Å². The number of carbonyl (C=O) groups is 1. The molecule has 0 atom stereocenters. The lowest BCUT2D eigenvalue weighted by molar-refractivity contribution is -0.900. The zero-order valence-electron chi connectivity index (χ0n) is 15.0. The SMILES string of the molecule is O=C(Nc1ccccc1)OCC[NH+]1CCN(c2ccc([N+](=O)[O-])cc2)CC1. The molecule has 2 aromatic rings. The summed E-state index contributed by atoms with van der Waals surface area (Å²) in [5.74, 6) is 0. The Labute approximate surface area is 157 Å². The highest BCUT2D eigenvalue weighted by Crippen LogP contribution is 2.19. The summed E-state index contributed by atoms with van der Waals surface area (Å²) in [7, 11) is 0. The van der Waals surface area contributed by atoms with Gasteiger partial charge < -0.3 is 14.5 Å². The lowest BCUT2D eigenvalue weighted by Crippen LogP contribution is -3.15. The molecule has 2 N–H and O–H groups in total. The van der Waals surface area contributed by atoms with Crippen molar-refractivity contribution in [3.05, 3.63) is 64.7 Å². The van der Waals surface area contributed by atoms with E-state index in [4.69, 9.17) is 4.74 Å². The minimum atomic E-state index is -0.440. The first-order valence-corrected chi connectivity index (χ1v) is 8.93. The number of piperazine rings is 1. The van der Waals surface area contributed by atoms with Gasteiger partial charge in [0.25, 0.3) is 5.69 Å². The molecule has 0 spiro atoms. The van der Waals surface area contributed by atoms with Crippen molar-refractivity contribution in [2.75, 3.05) is 49.5 Å². The highest BCUT2D eigenvalue weighted by Gasteiger charge is 2.20. The number of quaternary nitrogens is 1. The average Bonchev–Trinajstić information content (AvgIpc) is 2.69. The summed E-state index contributed by atoms with van der Waals surface area (Å²) < 4.78 is 5.25. The number of non-ortho nitro benzene ring substituents is 1. The number of ether oxygens (including phenoxy) is 1. The molecule has 0 aliphatic carbocycles. The first-order chi connectivity index (χ1) is 13.1. The van der Waals surface area contributed by atoms with Crippen molar-refractivity contribution in [1.29, 1.82) is 0 Å². The number of nitrogens with zero attached hydrogens (tertiary/aromatic N) is 2. The maximum absolute atomic E-state index is 11.8. The molecular formula is C19H23N4O4+. The number of hydrogen-bond donors (Lipinski definition) is 2. The van der Waals surface area contributed by atoms with E-state index in [1.807, 2.05) is 30.3 Å². The Morgan fingerprint density at radius 2 is 1.78 bits per heavy atom. The van der Waals surface area contributed by atoms with E-state index < -0.39 is 6.09 Å². The van der Waals surface area contributed by atoms with Gasteiger partial charge in [-0.3, -0.25) is 15.4 Å². The molecule has 1 amide bonds. The standard InChI is InChI=1S/C19H22N4O4/c24-19(20-16-4-2-1-3-5-16)27-15-14-21-10-12-22(13-11-21)17-6-8-18(9-7-17)23(25)26/h1-9H,10-15H2,(H,20,24)/p+1. The largest absolute Gasteiger partial charge is 0.443 e. The van der Waals surface area contributed by atoms with Gasteiger partial charge in [0, 0.05) is 23.5 Å². The second-order valence-electron chi connectivity index (χ2n) is 6.39. The van der Waals surface area contributed by atoms with E-state index in [0.717, 1.165) is 38.4 Å². The molecule has 0 unspecified atom stereocenters. The first-order valence-electron chi connectivity index (χ1n) is 8.93. The molecule has 2 aromatic carbocycles. The zero-order chi connectivity index (χ0) is 19.1. The number of nitrogens with one attached hydrogen (secondary N) is 2. The number of rotatable bonds is 6. The molecule has 3 rings (SSSR count). The van der Waals surface area contributed by atoms with Crippen molar-refractivity contribution >= 4 is 23.2 Å². The van der Waals surface area contributed by atoms with Crippen molar-refractivity contribution in [2.24, 2.45) is 0 Å². The Morgan fingerprint density at radius 3 is 2.41 bits per heavy atom. The number of nitro benzene ring substituents is 1. The van der Waals surface area contributed by atoms with Crippen LogP contribution >= 0.6 is 0 Å². The number of amides is 1. The molecule has 0 bridgehead atoms. The smallest absolute Gasteiger partial charge is 0.411 e. The highest BCUT2D eigenvalue weighted by atomic mass is 16.6. The van der Waals surface area contributed by atoms with E-state index in [0.29, 0.717) is 12.3 Å². The maximum Gasteiger partial charge on any atom is 0.411 e. The molecule has 142 valence electrons. The predicted molar refractivity (Wildman–Crippen MR) is 102 cm³/mol. The molecule has 8 nitrogen and oxygen atoms in total. The summed E-state index contributed by atoms with van der Waals surface area (Å²) in [6.07, 6.45) is -0.440. The third kappa shape index (κ3) is 5.42. The van der Waals surface area contributed by atoms with Gasteiger partial charge in [0.1, 0.15) is 13.2 Å². The van der Waals surface area contributed by atoms with Crippen LogP contribution in [-0.4, -0.2) is 50.3 Å². The lowest BCUT2D eigenvalue weighted by atomic mass is 10.2. The van der Waals surface area contributed by atoms with Crippen LogP contribution in [0.4, 0.5) is 21.9 Å². The van der Waals surface area contributed by atoms with Gasteiger partial charge in [0.15, 0.2) is 0 Å². The molecule has 0 aromatic heterocycles. The van der Waals surface area contributed by atoms with E-state index in [1.165, 1.54) is 17.0 Å². The van der Waals surface area contributed by atoms with Crippen molar-refractivity contribution < 1.29 is 19.4 Å². The Balaban J connectivity index is 1.37.